The van der Waals surface area contributed by atoms with Crippen LogP contribution in [0.5, 0.6) is 5.75 Å². The summed E-state index contributed by atoms with van der Waals surface area (Å²) in [5, 5.41) is 29.0. The lowest BCUT2D eigenvalue weighted by molar-refractivity contribution is -0.147. The molecule has 2 atom stereocenters. The summed E-state index contributed by atoms with van der Waals surface area (Å²) in [5.74, 6) is -1.17. The van der Waals surface area contributed by atoms with E-state index in [1.54, 1.807) is 19.2 Å². The third kappa shape index (κ3) is 5.97. The molecule has 0 saturated carbocycles. The molecule has 0 aliphatic heterocycles. The summed E-state index contributed by atoms with van der Waals surface area (Å²) < 4.78 is 5.37. The first-order chi connectivity index (χ1) is 17.4. The van der Waals surface area contributed by atoms with Crippen molar-refractivity contribution in [3.05, 3.63) is 96.2 Å². The van der Waals surface area contributed by atoms with E-state index in [9.17, 15) is 19.8 Å². The Morgan fingerprint density at radius 2 is 1.64 bits per heavy atom. The zero-order valence-electron chi connectivity index (χ0n) is 19.7. The zero-order valence-corrected chi connectivity index (χ0v) is 19.7. The summed E-state index contributed by atoms with van der Waals surface area (Å²) in [6.45, 7) is 0. The van der Waals surface area contributed by atoms with Crippen LogP contribution in [0.25, 0.3) is 22.4 Å². The minimum Gasteiger partial charge on any atom is -0.496 e. The lowest BCUT2D eigenvalue weighted by atomic mass is 9.97. The van der Waals surface area contributed by atoms with Crippen molar-refractivity contribution < 1.29 is 24.5 Å². The number of carbonyl (C=O) groups excluding carboxylic acids is 1. The molecule has 4 N–H and O–H groups in total. The van der Waals surface area contributed by atoms with Gasteiger partial charge in [-0.1, -0.05) is 66.7 Å². The average Bonchev–Trinajstić information content (AvgIpc) is 3.40. The van der Waals surface area contributed by atoms with Gasteiger partial charge >= 0.3 is 5.97 Å². The van der Waals surface area contributed by atoms with Crippen LogP contribution in [0.1, 0.15) is 22.5 Å². The normalized spacial score (nSPS) is 12.5. The lowest BCUT2D eigenvalue weighted by Crippen LogP contribution is -2.40. The van der Waals surface area contributed by atoms with Gasteiger partial charge in [0, 0.05) is 18.0 Å². The first-order valence-corrected chi connectivity index (χ1v) is 11.5. The van der Waals surface area contributed by atoms with Crippen LogP contribution in [0, 0.1) is 0 Å². The predicted molar refractivity (Wildman–Crippen MR) is 136 cm³/mol. The van der Waals surface area contributed by atoms with E-state index >= 15 is 0 Å². The minimum absolute atomic E-state index is 0.144. The highest BCUT2D eigenvalue weighted by atomic mass is 16.5. The number of nitrogens with zero attached hydrogens (tertiary/aromatic N) is 1. The van der Waals surface area contributed by atoms with E-state index in [1.165, 1.54) is 0 Å². The highest BCUT2D eigenvalue weighted by molar-refractivity contribution is 5.93. The molecule has 0 spiro atoms. The van der Waals surface area contributed by atoms with Crippen LogP contribution in [-0.2, 0) is 11.2 Å². The highest BCUT2D eigenvalue weighted by Gasteiger charge is 2.23. The van der Waals surface area contributed by atoms with Gasteiger partial charge in [-0.3, -0.25) is 9.89 Å². The van der Waals surface area contributed by atoms with E-state index in [1.807, 2.05) is 72.8 Å². The number of aromatic amines is 1. The molecule has 0 saturated heterocycles. The van der Waals surface area contributed by atoms with Crippen LogP contribution >= 0.6 is 0 Å². The Hall–Kier alpha value is -4.43. The molecule has 3 aromatic carbocycles. The number of carbonyl (C=O) groups is 2. The molecule has 8 heteroatoms. The molecule has 0 radical (unpaired) electrons. The van der Waals surface area contributed by atoms with Crippen LogP contribution in [-0.4, -0.2) is 51.5 Å². The van der Waals surface area contributed by atoms with Gasteiger partial charge in [-0.2, -0.15) is 5.10 Å². The van der Waals surface area contributed by atoms with Gasteiger partial charge in [0.2, 0.25) is 0 Å². The number of carboxylic acids is 1. The number of aromatic nitrogens is 2. The fourth-order valence-electron chi connectivity index (χ4n) is 4.01. The quantitative estimate of drug-likeness (QED) is 0.270. The van der Waals surface area contributed by atoms with E-state index in [-0.39, 0.29) is 12.1 Å². The summed E-state index contributed by atoms with van der Waals surface area (Å²) in [5.41, 5.74) is 4.51. The molecule has 184 valence electrons. The van der Waals surface area contributed by atoms with Crippen molar-refractivity contribution in [1.29, 1.82) is 0 Å². The third-order valence-electron chi connectivity index (χ3n) is 5.88. The Balaban J connectivity index is 1.50. The first kappa shape index (κ1) is 24.7. The Labute approximate surface area is 208 Å². The molecule has 0 bridgehead atoms. The topological polar surface area (TPSA) is 125 Å². The van der Waals surface area contributed by atoms with Gasteiger partial charge in [0.1, 0.15) is 11.4 Å². The van der Waals surface area contributed by atoms with Crippen molar-refractivity contribution in [3.8, 4) is 28.1 Å². The van der Waals surface area contributed by atoms with Crippen LogP contribution in [0.2, 0.25) is 0 Å². The number of H-pyrrole nitrogens is 1. The number of methoxy groups -OCH3 is 1. The monoisotopic (exact) mass is 485 g/mol. The van der Waals surface area contributed by atoms with E-state index in [2.05, 4.69) is 15.5 Å². The molecule has 8 nitrogen and oxygen atoms in total. The summed E-state index contributed by atoms with van der Waals surface area (Å²) in [7, 11) is 1.56. The van der Waals surface area contributed by atoms with Gasteiger partial charge in [-0.15, -0.1) is 0 Å². The third-order valence-corrected chi connectivity index (χ3v) is 5.88. The van der Waals surface area contributed by atoms with Gasteiger partial charge in [0.05, 0.1) is 12.8 Å². The van der Waals surface area contributed by atoms with Crippen molar-refractivity contribution >= 4 is 11.9 Å². The zero-order chi connectivity index (χ0) is 25.5. The molecule has 0 fully saturated rings. The number of aliphatic hydroxyl groups excluding tert-OH is 1. The highest BCUT2D eigenvalue weighted by Crippen LogP contribution is 2.28. The maximum atomic E-state index is 13.0. The average molecular weight is 486 g/mol. The molecular weight excluding hydrogens is 458 g/mol. The van der Waals surface area contributed by atoms with E-state index in [0.717, 1.165) is 22.3 Å². The number of aliphatic carboxylic acids is 1. The fourth-order valence-corrected chi connectivity index (χ4v) is 4.01. The van der Waals surface area contributed by atoms with Gasteiger partial charge in [-0.25, -0.2) is 4.79 Å². The second-order valence-electron chi connectivity index (χ2n) is 8.39. The maximum Gasteiger partial charge on any atom is 0.332 e. The largest absolute Gasteiger partial charge is 0.496 e. The summed E-state index contributed by atoms with van der Waals surface area (Å²) in [4.78, 5) is 24.3. The molecule has 1 amide bonds. The molecular formula is C28H27N3O5. The molecule has 4 aromatic rings. The Morgan fingerprint density at radius 1 is 0.972 bits per heavy atom. The standard InChI is InChI=1S/C28H27N3O5/c1-36-26-10-6-5-9-22(26)23-17-24(31-30-23)27(33)29-21(16-25(32)28(34)35)15-18-11-13-20(14-12-18)19-7-3-2-4-8-19/h2-14,17,21,25,32H,15-16H2,1H3,(H,29,33)(H,30,31)(H,34,35)/t21-,25-/m1/s1. The van der Waals surface area contributed by atoms with E-state index in [4.69, 9.17) is 4.74 Å². The number of nitrogens with one attached hydrogen (secondary N) is 2. The maximum absolute atomic E-state index is 13.0. The van der Waals surface area contributed by atoms with Crippen molar-refractivity contribution in [2.75, 3.05) is 7.11 Å². The number of carboxylic acid groups (broad SMARTS) is 1. The summed E-state index contributed by atoms with van der Waals surface area (Å²) in [6, 6.07) is 26.1. The van der Waals surface area contributed by atoms with Crippen LogP contribution < -0.4 is 10.1 Å². The first-order valence-electron chi connectivity index (χ1n) is 11.5. The summed E-state index contributed by atoms with van der Waals surface area (Å²) in [6.07, 6.45) is -1.40. The van der Waals surface area contributed by atoms with Crippen LogP contribution in [0.3, 0.4) is 0 Å². The lowest BCUT2D eigenvalue weighted by Gasteiger charge is -2.20. The minimum atomic E-state index is -1.61. The van der Waals surface area contributed by atoms with Gasteiger partial charge in [0.25, 0.3) is 5.91 Å². The second kappa shape index (κ2) is 11.3. The van der Waals surface area contributed by atoms with Crippen LogP contribution in [0.4, 0.5) is 0 Å². The van der Waals surface area contributed by atoms with Crippen LogP contribution in [0.15, 0.2) is 84.9 Å². The predicted octanol–water partition coefficient (Wildman–Crippen LogP) is 3.93. The van der Waals surface area contributed by atoms with Crippen molar-refractivity contribution in [2.45, 2.75) is 25.0 Å². The smallest absolute Gasteiger partial charge is 0.332 e. The number of ether oxygens (including phenoxy) is 1. The SMILES string of the molecule is COc1ccccc1-c1cc(C(=O)N[C@H](Cc2ccc(-c3ccccc3)cc2)C[C@@H](O)C(=O)O)[nH]n1. The van der Waals surface area contributed by atoms with Crippen molar-refractivity contribution in [2.24, 2.45) is 0 Å². The van der Waals surface area contributed by atoms with E-state index in [0.29, 0.717) is 17.9 Å². The van der Waals surface area contributed by atoms with Crippen molar-refractivity contribution in [1.82, 2.24) is 15.5 Å². The molecule has 1 aromatic heterocycles. The number of aliphatic hydroxyl groups is 1. The number of benzene rings is 3. The molecule has 0 unspecified atom stereocenters. The molecule has 0 aliphatic rings. The van der Waals surface area contributed by atoms with Gasteiger partial charge in [-0.05, 0) is 41.3 Å². The number of hydrogen-bond donors (Lipinski definition) is 4. The molecule has 4 rings (SSSR count). The Kier molecular flexibility index (Phi) is 7.77. The Morgan fingerprint density at radius 3 is 2.33 bits per heavy atom. The molecule has 0 aliphatic carbocycles. The number of para-hydroxylation sites is 1. The van der Waals surface area contributed by atoms with E-state index < -0.39 is 24.0 Å². The number of hydrogen-bond acceptors (Lipinski definition) is 5. The van der Waals surface area contributed by atoms with Gasteiger partial charge in [0.15, 0.2) is 6.10 Å². The number of amides is 1. The second-order valence-corrected chi connectivity index (χ2v) is 8.39. The molecule has 36 heavy (non-hydrogen) atoms. The fraction of sp³-hybridized carbons (Fsp3) is 0.179. The molecule has 1 heterocycles. The summed E-state index contributed by atoms with van der Waals surface area (Å²) >= 11 is 0. The van der Waals surface area contributed by atoms with Gasteiger partial charge < -0.3 is 20.3 Å². The Bertz CT molecular complexity index is 1320. The number of rotatable bonds is 10. The van der Waals surface area contributed by atoms with Crippen molar-refractivity contribution in [3.63, 3.8) is 0 Å².